The van der Waals surface area contributed by atoms with Gasteiger partial charge in [0.2, 0.25) is 0 Å². The molecular weight excluding hydrogens is 266 g/mol. The Bertz CT molecular complexity index is 780. The molecule has 0 unspecified atom stereocenters. The molecule has 0 spiro atoms. The van der Waals surface area contributed by atoms with Crippen molar-refractivity contribution < 1.29 is 0 Å². The minimum Gasteiger partial charge on any atom is -0.382 e. The maximum atomic E-state index is 4.58. The third kappa shape index (κ3) is 1.93. The van der Waals surface area contributed by atoms with Crippen LogP contribution in [0.15, 0.2) is 53.9 Å². The van der Waals surface area contributed by atoms with Crippen molar-refractivity contribution in [3.8, 4) is 11.1 Å². The van der Waals surface area contributed by atoms with Crippen LogP contribution in [0.4, 0.5) is 5.69 Å². The number of nitrogens with zero attached hydrogens (tertiary/aromatic N) is 2. The molecular formula is C16H13N3S. The molecule has 0 amide bonds. The van der Waals surface area contributed by atoms with E-state index in [0.717, 1.165) is 39.5 Å². The van der Waals surface area contributed by atoms with Crippen LogP contribution in [0.1, 0.15) is 0 Å². The van der Waals surface area contributed by atoms with Crippen LogP contribution >= 0.6 is 11.8 Å². The normalized spacial score (nSPS) is 13.8. The van der Waals surface area contributed by atoms with E-state index in [1.54, 1.807) is 11.8 Å². The first-order valence-electron chi connectivity index (χ1n) is 6.62. The van der Waals surface area contributed by atoms with E-state index in [9.17, 15) is 0 Å². The van der Waals surface area contributed by atoms with Gasteiger partial charge in [-0.25, -0.2) is 4.98 Å². The lowest BCUT2D eigenvalue weighted by Gasteiger charge is -2.17. The van der Waals surface area contributed by atoms with Crippen molar-refractivity contribution in [1.29, 1.82) is 0 Å². The number of anilines is 1. The largest absolute Gasteiger partial charge is 0.382 e. The van der Waals surface area contributed by atoms with Gasteiger partial charge in [0, 0.05) is 47.4 Å². The fraction of sp³-hybridized carbons (Fsp3) is 0.125. The van der Waals surface area contributed by atoms with E-state index < -0.39 is 0 Å². The molecule has 4 heteroatoms. The number of hydrogen-bond donors (Lipinski definition) is 1. The predicted molar refractivity (Wildman–Crippen MR) is 84.2 cm³/mol. The Kier molecular flexibility index (Phi) is 2.81. The van der Waals surface area contributed by atoms with Crippen LogP contribution in [0.2, 0.25) is 0 Å². The molecule has 20 heavy (non-hydrogen) atoms. The maximum Gasteiger partial charge on any atom is 0.119 e. The SMILES string of the molecule is c1ccc2c(-c3cnc4c(c3)NCCS4)cncc2c1. The average Bonchev–Trinajstić information content (AvgIpc) is 2.54. The van der Waals surface area contributed by atoms with E-state index in [4.69, 9.17) is 0 Å². The van der Waals surface area contributed by atoms with Crippen LogP contribution in [0.25, 0.3) is 21.9 Å². The first kappa shape index (κ1) is 11.7. The molecule has 98 valence electrons. The van der Waals surface area contributed by atoms with Crippen LogP contribution < -0.4 is 5.32 Å². The fourth-order valence-electron chi connectivity index (χ4n) is 2.52. The molecule has 0 bridgehead atoms. The Morgan fingerprint density at radius 1 is 1.10 bits per heavy atom. The molecule has 3 heterocycles. The van der Waals surface area contributed by atoms with Gasteiger partial charge >= 0.3 is 0 Å². The van der Waals surface area contributed by atoms with Crippen molar-refractivity contribution in [3.05, 3.63) is 48.9 Å². The minimum absolute atomic E-state index is 0.997. The fourth-order valence-corrected chi connectivity index (χ4v) is 3.33. The third-order valence-electron chi connectivity index (χ3n) is 3.49. The number of nitrogens with one attached hydrogen (secondary N) is 1. The van der Waals surface area contributed by atoms with E-state index in [2.05, 4.69) is 39.6 Å². The monoisotopic (exact) mass is 279 g/mol. The van der Waals surface area contributed by atoms with Gasteiger partial charge in [-0.15, -0.1) is 11.8 Å². The summed E-state index contributed by atoms with van der Waals surface area (Å²) in [5, 5.41) is 6.88. The Hall–Kier alpha value is -2.07. The molecule has 0 radical (unpaired) electrons. The number of fused-ring (bicyclic) bond motifs is 2. The number of hydrogen-bond acceptors (Lipinski definition) is 4. The highest BCUT2D eigenvalue weighted by atomic mass is 32.2. The smallest absolute Gasteiger partial charge is 0.119 e. The number of rotatable bonds is 1. The highest BCUT2D eigenvalue weighted by molar-refractivity contribution is 7.99. The Morgan fingerprint density at radius 2 is 2.05 bits per heavy atom. The molecule has 1 aliphatic heterocycles. The van der Waals surface area contributed by atoms with Crippen molar-refractivity contribution >= 4 is 28.2 Å². The maximum absolute atomic E-state index is 4.58. The van der Waals surface area contributed by atoms with Crippen LogP contribution in [-0.4, -0.2) is 22.3 Å². The molecule has 2 aromatic heterocycles. The van der Waals surface area contributed by atoms with Crippen molar-refractivity contribution in [2.24, 2.45) is 0 Å². The second kappa shape index (κ2) is 4.80. The van der Waals surface area contributed by atoms with Crippen molar-refractivity contribution in [2.45, 2.75) is 5.03 Å². The van der Waals surface area contributed by atoms with Crippen molar-refractivity contribution in [2.75, 3.05) is 17.6 Å². The van der Waals surface area contributed by atoms with Crippen LogP contribution in [0, 0.1) is 0 Å². The summed E-state index contributed by atoms with van der Waals surface area (Å²) in [4.78, 5) is 8.92. The summed E-state index contributed by atoms with van der Waals surface area (Å²) >= 11 is 1.81. The van der Waals surface area contributed by atoms with Crippen LogP contribution in [0.5, 0.6) is 0 Å². The van der Waals surface area contributed by atoms with E-state index >= 15 is 0 Å². The van der Waals surface area contributed by atoms with Crippen molar-refractivity contribution in [1.82, 2.24) is 9.97 Å². The minimum atomic E-state index is 0.997. The second-order valence-electron chi connectivity index (χ2n) is 4.76. The van der Waals surface area contributed by atoms with Gasteiger partial charge in [0.25, 0.3) is 0 Å². The molecule has 1 aromatic carbocycles. The second-order valence-corrected chi connectivity index (χ2v) is 5.84. The molecule has 4 rings (SSSR count). The van der Waals surface area contributed by atoms with Crippen LogP contribution in [-0.2, 0) is 0 Å². The van der Waals surface area contributed by atoms with Gasteiger partial charge in [0.05, 0.1) is 5.69 Å². The first-order chi connectivity index (χ1) is 9.92. The van der Waals surface area contributed by atoms with Gasteiger partial charge in [-0.05, 0) is 11.5 Å². The summed E-state index contributed by atoms with van der Waals surface area (Å²) in [6.07, 6.45) is 5.77. The lowest BCUT2D eigenvalue weighted by atomic mass is 10.0. The van der Waals surface area contributed by atoms with Gasteiger partial charge < -0.3 is 5.32 Å². The number of thioether (sulfide) groups is 1. The van der Waals surface area contributed by atoms with Gasteiger partial charge in [-0.1, -0.05) is 24.3 Å². The van der Waals surface area contributed by atoms with Crippen LogP contribution in [0.3, 0.4) is 0 Å². The molecule has 3 aromatic rings. The van der Waals surface area contributed by atoms with E-state index in [0.29, 0.717) is 0 Å². The summed E-state index contributed by atoms with van der Waals surface area (Å²) in [5.41, 5.74) is 3.38. The Balaban J connectivity index is 1.91. The molecule has 0 saturated carbocycles. The zero-order valence-corrected chi connectivity index (χ0v) is 11.7. The highest BCUT2D eigenvalue weighted by Crippen LogP contribution is 2.34. The van der Waals surface area contributed by atoms with E-state index in [-0.39, 0.29) is 0 Å². The summed E-state index contributed by atoms with van der Waals surface area (Å²) in [7, 11) is 0. The zero-order valence-electron chi connectivity index (χ0n) is 10.8. The molecule has 0 aliphatic carbocycles. The van der Waals surface area contributed by atoms with Gasteiger partial charge in [-0.3, -0.25) is 4.98 Å². The first-order valence-corrected chi connectivity index (χ1v) is 7.60. The number of benzene rings is 1. The Labute approximate surface area is 121 Å². The summed E-state index contributed by atoms with van der Waals surface area (Å²) < 4.78 is 0. The average molecular weight is 279 g/mol. The molecule has 0 atom stereocenters. The molecule has 0 saturated heterocycles. The quantitative estimate of drug-likeness (QED) is 0.735. The summed E-state index contributed by atoms with van der Waals surface area (Å²) in [5.74, 6) is 1.08. The summed E-state index contributed by atoms with van der Waals surface area (Å²) in [6, 6.07) is 10.5. The lowest BCUT2D eigenvalue weighted by molar-refractivity contribution is 1.07. The number of pyridine rings is 2. The van der Waals surface area contributed by atoms with Crippen molar-refractivity contribution in [3.63, 3.8) is 0 Å². The molecule has 3 nitrogen and oxygen atoms in total. The van der Waals surface area contributed by atoms with Gasteiger partial charge in [0.15, 0.2) is 0 Å². The highest BCUT2D eigenvalue weighted by Gasteiger charge is 2.12. The Morgan fingerprint density at radius 3 is 3.05 bits per heavy atom. The lowest BCUT2D eigenvalue weighted by Crippen LogP contribution is -2.11. The van der Waals surface area contributed by atoms with E-state index in [1.165, 1.54) is 5.39 Å². The predicted octanol–water partition coefficient (Wildman–Crippen LogP) is 3.81. The summed E-state index contributed by atoms with van der Waals surface area (Å²) in [6.45, 7) is 0.997. The van der Waals surface area contributed by atoms with E-state index in [1.807, 2.05) is 24.7 Å². The van der Waals surface area contributed by atoms with Gasteiger partial charge in [-0.2, -0.15) is 0 Å². The topological polar surface area (TPSA) is 37.8 Å². The standard InChI is InChI=1S/C16H13N3S/c1-2-4-13-11(3-1)8-17-10-14(13)12-7-15-16(19-9-12)20-6-5-18-15/h1-4,7-10,18H,5-6H2. The molecule has 1 aliphatic rings. The molecule has 1 N–H and O–H groups in total. The zero-order chi connectivity index (χ0) is 13.4. The van der Waals surface area contributed by atoms with Gasteiger partial charge in [0.1, 0.15) is 5.03 Å². The number of aromatic nitrogens is 2. The molecule has 0 fully saturated rings. The third-order valence-corrected chi connectivity index (χ3v) is 4.49.